The minimum absolute atomic E-state index is 0.448. The molecule has 90 valence electrons. The van der Waals surface area contributed by atoms with Crippen LogP contribution in [0.15, 0.2) is 0 Å². The van der Waals surface area contributed by atoms with Gasteiger partial charge in [0.25, 0.3) is 0 Å². The SMILES string of the molecule is Cc1nn(C)c(C)c1NC(C)C1CCOC1. The standard InChI is InChI=1S/C12H21N3O/c1-8(11-5-6-16-7-11)13-12-9(2)14-15(4)10(12)3/h8,11,13H,5-7H2,1-4H3. The highest BCUT2D eigenvalue weighted by Crippen LogP contribution is 2.24. The van der Waals surface area contributed by atoms with Crippen LogP contribution in [0.3, 0.4) is 0 Å². The van der Waals surface area contributed by atoms with Crippen molar-refractivity contribution in [3.05, 3.63) is 11.4 Å². The molecule has 0 aromatic carbocycles. The van der Waals surface area contributed by atoms with Gasteiger partial charge in [-0.1, -0.05) is 0 Å². The van der Waals surface area contributed by atoms with Gasteiger partial charge in [-0.2, -0.15) is 5.10 Å². The summed E-state index contributed by atoms with van der Waals surface area (Å²) < 4.78 is 7.35. The molecule has 1 fully saturated rings. The number of anilines is 1. The van der Waals surface area contributed by atoms with E-state index in [1.165, 1.54) is 11.4 Å². The molecule has 0 radical (unpaired) electrons. The van der Waals surface area contributed by atoms with Gasteiger partial charge in [-0.25, -0.2) is 0 Å². The number of aromatic nitrogens is 2. The van der Waals surface area contributed by atoms with Gasteiger partial charge in [0.05, 0.1) is 23.7 Å². The Morgan fingerprint density at radius 2 is 2.25 bits per heavy atom. The lowest BCUT2D eigenvalue weighted by Gasteiger charge is -2.20. The number of nitrogens with one attached hydrogen (secondary N) is 1. The van der Waals surface area contributed by atoms with Crippen LogP contribution in [0.5, 0.6) is 0 Å². The maximum absolute atomic E-state index is 5.42. The largest absolute Gasteiger partial charge is 0.381 e. The molecule has 0 amide bonds. The van der Waals surface area contributed by atoms with Crippen LogP contribution >= 0.6 is 0 Å². The number of aryl methyl sites for hydroxylation is 2. The average molecular weight is 223 g/mol. The van der Waals surface area contributed by atoms with Crippen LogP contribution in [0.2, 0.25) is 0 Å². The molecule has 2 heterocycles. The second kappa shape index (κ2) is 4.45. The van der Waals surface area contributed by atoms with Crippen molar-refractivity contribution < 1.29 is 4.74 Å². The van der Waals surface area contributed by atoms with Gasteiger partial charge in [-0.05, 0) is 27.2 Å². The maximum Gasteiger partial charge on any atom is 0.0827 e. The molecule has 4 heteroatoms. The van der Waals surface area contributed by atoms with Gasteiger partial charge in [0.15, 0.2) is 0 Å². The Labute approximate surface area is 97.0 Å². The minimum Gasteiger partial charge on any atom is -0.381 e. The molecule has 0 aliphatic carbocycles. The summed E-state index contributed by atoms with van der Waals surface area (Å²) in [7, 11) is 1.98. The second-order valence-electron chi connectivity index (χ2n) is 4.73. The first kappa shape index (κ1) is 11.5. The average Bonchev–Trinajstić information content (AvgIpc) is 2.83. The molecule has 0 saturated carbocycles. The molecule has 4 nitrogen and oxygen atoms in total. The first-order chi connectivity index (χ1) is 7.59. The lowest BCUT2D eigenvalue weighted by molar-refractivity contribution is 0.183. The fraction of sp³-hybridized carbons (Fsp3) is 0.750. The second-order valence-corrected chi connectivity index (χ2v) is 4.73. The molecule has 1 N–H and O–H groups in total. The zero-order valence-corrected chi connectivity index (χ0v) is 10.6. The molecule has 1 aliphatic heterocycles. The smallest absolute Gasteiger partial charge is 0.0827 e. The Hall–Kier alpha value is -1.03. The zero-order chi connectivity index (χ0) is 11.7. The summed E-state index contributed by atoms with van der Waals surface area (Å²) in [5.74, 6) is 0.624. The highest BCUT2D eigenvalue weighted by molar-refractivity contribution is 5.52. The van der Waals surface area contributed by atoms with E-state index >= 15 is 0 Å². The Bertz CT molecular complexity index is 367. The van der Waals surface area contributed by atoms with E-state index in [9.17, 15) is 0 Å². The van der Waals surface area contributed by atoms with Crippen LogP contribution in [0.4, 0.5) is 5.69 Å². The van der Waals surface area contributed by atoms with E-state index in [2.05, 4.69) is 24.3 Å². The molecule has 2 atom stereocenters. The fourth-order valence-electron chi connectivity index (χ4n) is 2.28. The third-order valence-corrected chi connectivity index (χ3v) is 3.55. The molecule has 16 heavy (non-hydrogen) atoms. The summed E-state index contributed by atoms with van der Waals surface area (Å²) in [6, 6.07) is 0.448. The normalized spacial score (nSPS) is 22.4. The van der Waals surface area contributed by atoms with E-state index in [1.807, 2.05) is 18.7 Å². The van der Waals surface area contributed by atoms with Crippen molar-refractivity contribution in [2.75, 3.05) is 18.5 Å². The van der Waals surface area contributed by atoms with Crippen molar-refractivity contribution in [3.63, 3.8) is 0 Å². The van der Waals surface area contributed by atoms with Gasteiger partial charge in [0.1, 0.15) is 0 Å². The first-order valence-corrected chi connectivity index (χ1v) is 5.94. The maximum atomic E-state index is 5.42. The molecule has 1 saturated heterocycles. The molecular formula is C12H21N3O. The Balaban J connectivity index is 2.07. The predicted octanol–water partition coefficient (Wildman–Crippen LogP) is 1.87. The van der Waals surface area contributed by atoms with Crippen LogP contribution in [-0.4, -0.2) is 29.0 Å². The quantitative estimate of drug-likeness (QED) is 0.850. The fourth-order valence-corrected chi connectivity index (χ4v) is 2.28. The molecule has 0 bridgehead atoms. The highest BCUT2D eigenvalue weighted by Gasteiger charge is 2.23. The number of nitrogens with zero attached hydrogens (tertiary/aromatic N) is 2. The zero-order valence-electron chi connectivity index (χ0n) is 10.6. The lowest BCUT2D eigenvalue weighted by atomic mass is 10.0. The first-order valence-electron chi connectivity index (χ1n) is 5.94. The van der Waals surface area contributed by atoms with Crippen LogP contribution in [-0.2, 0) is 11.8 Å². The lowest BCUT2D eigenvalue weighted by Crippen LogP contribution is -2.26. The van der Waals surface area contributed by atoms with Crippen molar-refractivity contribution in [1.29, 1.82) is 0 Å². The number of hydrogen-bond donors (Lipinski definition) is 1. The Morgan fingerprint density at radius 1 is 1.50 bits per heavy atom. The van der Waals surface area contributed by atoms with Gasteiger partial charge in [-0.3, -0.25) is 4.68 Å². The van der Waals surface area contributed by atoms with Crippen molar-refractivity contribution in [2.45, 2.75) is 33.2 Å². The molecule has 1 aliphatic rings. The van der Waals surface area contributed by atoms with Gasteiger partial charge >= 0.3 is 0 Å². The monoisotopic (exact) mass is 223 g/mol. The van der Waals surface area contributed by atoms with Crippen LogP contribution in [0.25, 0.3) is 0 Å². The van der Waals surface area contributed by atoms with E-state index in [0.29, 0.717) is 12.0 Å². The van der Waals surface area contributed by atoms with Gasteiger partial charge in [0, 0.05) is 25.6 Å². The molecule has 2 unspecified atom stereocenters. The van der Waals surface area contributed by atoms with Crippen molar-refractivity contribution >= 4 is 5.69 Å². The van der Waals surface area contributed by atoms with E-state index in [4.69, 9.17) is 4.74 Å². The molecule has 2 rings (SSSR count). The van der Waals surface area contributed by atoms with Crippen LogP contribution in [0.1, 0.15) is 24.7 Å². The summed E-state index contributed by atoms with van der Waals surface area (Å²) in [6.45, 7) is 8.16. The van der Waals surface area contributed by atoms with E-state index in [1.54, 1.807) is 0 Å². The Morgan fingerprint density at radius 3 is 2.75 bits per heavy atom. The summed E-state index contributed by atoms with van der Waals surface area (Å²) in [6.07, 6.45) is 1.16. The summed E-state index contributed by atoms with van der Waals surface area (Å²) in [5.41, 5.74) is 3.45. The minimum atomic E-state index is 0.448. The van der Waals surface area contributed by atoms with E-state index < -0.39 is 0 Å². The highest BCUT2D eigenvalue weighted by atomic mass is 16.5. The molecular weight excluding hydrogens is 202 g/mol. The van der Waals surface area contributed by atoms with Gasteiger partial charge in [0.2, 0.25) is 0 Å². The van der Waals surface area contributed by atoms with Crippen molar-refractivity contribution in [1.82, 2.24) is 9.78 Å². The molecule has 1 aromatic heterocycles. The van der Waals surface area contributed by atoms with E-state index in [-0.39, 0.29) is 0 Å². The third-order valence-electron chi connectivity index (χ3n) is 3.55. The van der Waals surface area contributed by atoms with Crippen LogP contribution < -0.4 is 5.32 Å². The van der Waals surface area contributed by atoms with Gasteiger partial charge in [-0.15, -0.1) is 0 Å². The topological polar surface area (TPSA) is 39.1 Å². The van der Waals surface area contributed by atoms with Crippen molar-refractivity contribution in [2.24, 2.45) is 13.0 Å². The third kappa shape index (κ3) is 2.07. The summed E-state index contributed by atoms with van der Waals surface area (Å²) in [5, 5.41) is 7.99. The Kier molecular flexibility index (Phi) is 3.19. The number of rotatable bonds is 3. The van der Waals surface area contributed by atoms with Gasteiger partial charge < -0.3 is 10.1 Å². The molecule has 0 spiro atoms. The summed E-state index contributed by atoms with van der Waals surface area (Å²) >= 11 is 0. The predicted molar refractivity (Wildman–Crippen MR) is 64.7 cm³/mol. The van der Waals surface area contributed by atoms with Crippen molar-refractivity contribution in [3.8, 4) is 0 Å². The number of hydrogen-bond acceptors (Lipinski definition) is 3. The molecule has 1 aromatic rings. The van der Waals surface area contributed by atoms with Crippen LogP contribution in [0, 0.1) is 19.8 Å². The number of ether oxygens (including phenoxy) is 1. The van der Waals surface area contributed by atoms with E-state index in [0.717, 1.165) is 25.3 Å². The summed E-state index contributed by atoms with van der Waals surface area (Å²) in [4.78, 5) is 0.